The van der Waals surface area contributed by atoms with Crippen molar-refractivity contribution in [3.8, 4) is 11.5 Å². The van der Waals surface area contributed by atoms with Crippen molar-refractivity contribution in [3.63, 3.8) is 0 Å². The molecule has 22 heavy (non-hydrogen) atoms. The van der Waals surface area contributed by atoms with Crippen molar-refractivity contribution in [1.82, 2.24) is 0 Å². The number of aliphatic hydroxyl groups excluding tert-OH is 1. The number of hydrogen-bond acceptors (Lipinski definition) is 3. The van der Waals surface area contributed by atoms with Gasteiger partial charge in [-0.05, 0) is 24.6 Å². The Bertz CT molecular complexity index is 576. The van der Waals surface area contributed by atoms with Crippen molar-refractivity contribution in [2.75, 3.05) is 6.61 Å². The van der Waals surface area contributed by atoms with Crippen LogP contribution in [0.3, 0.4) is 0 Å². The first-order valence-electron chi connectivity index (χ1n) is 6.05. The lowest BCUT2D eigenvalue weighted by Crippen LogP contribution is -2.34. The molecular weight excluding hydrogens is 318 g/mol. The predicted octanol–water partition coefficient (Wildman–Crippen LogP) is 3.46. The van der Waals surface area contributed by atoms with Crippen LogP contribution in [0.4, 0.5) is 26.3 Å². The molecular formula is C13H10F6O3. The highest BCUT2D eigenvalue weighted by atomic mass is 19.4. The summed E-state index contributed by atoms with van der Waals surface area (Å²) in [5, 5.41) is 8.91. The average molecular weight is 328 g/mol. The van der Waals surface area contributed by atoms with Crippen molar-refractivity contribution >= 4 is 6.08 Å². The van der Waals surface area contributed by atoms with Gasteiger partial charge in [0.05, 0.1) is 0 Å². The van der Waals surface area contributed by atoms with Crippen LogP contribution in [-0.2, 0) is 6.42 Å². The highest BCUT2D eigenvalue weighted by Crippen LogP contribution is 2.39. The average Bonchev–Trinajstić information content (AvgIpc) is 2.35. The Hall–Kier alpha value is -1.90. The quantitative estimate of drug-likeness (QED) is 0.864. The van der Waals surface area contributed by atoms with Crippen molar-refractivity contribution in [2.45, 2.75) is 25.1 Å². The molecule has 0 saturated heterocycles. The first-order valence-corrected chi connectivity index (χ1v) is 6.05. The summed E-state index contributed by atoms with van der Waals surface area (Å²) in [6.45, 7) is -0.467. The summed E-state index contributed by atoms with van der Waals surface area (Å²) in [7, 11) is 0. The maximum absolute atomic E-state index is 12.7. The van der Waals surface area contributed by atoms with Gasteiger partial charge in [-0.3, -0.25) is 0 Å². The van der Waals surface area contributed by atoms with Crippen LogP contribution in [0.5, 0.6) is 11.5 Å². The molecule has 0 spiro atoms. The van der Waals surface area contributed by atoms with E-state index in [-0.39, 0.29) is 23.3 Å². The lowest BCUT2D eigenvalue weighted by Gasteiger charge is -2.26. The van der Waals surface area contributed by atoms with E-state index < -0.39 is 31.0 Å². The summed E-state index contributed by atoms with van der Waals surface area (Å²) in [5.41, 5.74) is 0.0172. The van der Waals surface area contributed by atoms with Gasteiger partial charge in [-0.2, -0.15) is 13.2 Å². The topological polar surface area (TPSA) is 38.7 Å². The molecule has 1 atom stereocenters. The predicted molar refractivity (Wildman–Crippen MR) is 63.4 cm³/mol. The Kier molecular flexibility index (Phi) is 4.28. The molecule has 1 aromatic carbocycles. The van der Waals surface area contributed by atoms with Crippen LogP contribution in [0.1, 0.15) is 11.1 Å². The first-order chi connectivity index (χ1) is 10.1. The minimum atomic E-state index is -4.93. The van der Waals surface area contributed by atoms with Gasteiger partial charge in [0.25, 0.3) is 0 Å². The zero-order valence-corrected chi connectivity index (χ0v) is 10.8. The molecule has 0 fully saturated rings. The summed E-state index contributed by atoms with van der Waals surface area (Å²) in [4.78, 5) is 0. The third-order valence-corrected chi connectivity index (χ3v) is 2.80. The number of ether oxygens (including phenoxy) is 2. The monoisotopic (exact) mass is 328 g/mol. The molecule has 122 valence electrons. The number of halogens is 6. The summed E-state index contributed by atoms with van der Waals surface area (Å²) >= 11 is 0. The van der Waals surface area contributed by atoms with Gasteiger partial charge in [-0.15, -0.1) is 13.2 Å². The molecule has 1 unspecified atom stereocenters. The van der Waals surface area contributed by atoms with E-state index in [4.69, 9.17) is 9.84 Å². The second-order valence-electron chi connectivity index (χ2n) is 4.46. The van der Waals surface area contributed by atoms with E-state index in [2.05, 4.69) is 4.74 Å². The van der Waals surface area contributed by atoms with Crippen molar-refractivity contribution in [2.24, 2.45) is 0 Å². The van der Waals surface area contributed by atoms with Crippen LogP contribution in [0, 0.1) is 0 Å². The van der Waals surface area contributed by atoms with Gasteiger partial charge in [0.1, 0.15) is 11.5 Å². The van der Waals surface area contributed by atoms with E-state index >= 15 is 0 Å². The van der Waals surface area contributed by atoms with Crippen LogP contribution < -0.4 is 9.47 Å². The number of benzene rings is 1. The van der Waals surface area contributed by atoms with Gasteiger partial charge < -0.3 is 14.6 Å². The Labute approximate surface area is 120 Å². The second-order valence-corrected chi connectivity index (χ2v) is 4.46. The SMILES string of the molecule is OCCc1cc(OC(F)(F)F)cc2c1OC(C(F)(F)F)C=C2. The third kappa shape index (κ3) is 3.85. The fourth-order valence-corrected chi connectivity index (χ4v) is 1.98. The second kappa shape index (κ2) is 5.71. The molecule has 1 heterocycles. The molecule has 1 aliphatic rings. The molecule has 0 aliphatic carbocycles. The van der Waals surface area contributed by atoms with E-state index in [9.17, 15) is 26.3 Å². The van der Waals surface area contributed by atoms with Crippen molar-refractivity contribution in [1.29, 1.82) is 0 Å². The Balaban J connectivity index is 2.41. The number of hydrogen-bond donors (Lipinski definition) is 1. The molecule has 0 saturated carbocycles. The zero-order valence-electron chi connectivity index (χ0n) is 10.8. The Morgan fingerprint density at radius 2 is 1.82 bits per heavy atom. The summed E-state index contributed by atoms with van der Waals surface area (Å²) < 4.78 is 83.2. The molecule has 3 nitrogen and oxygen atoms in total. The van der Waals surface area contributed by atoms with Crippen molar-refractivity contribution < 1.29 is 40.9 Å². The summed E-state index contributed by atoms with van der Waals surface area (Å²) in [6, 6.07) is 1.82. The molecule has 2 rings (SSSR count). The van der Waals surface area contributed by atoms with Crippen LogP contribution in [-0.4, -0.2) is 30.4 Å². The Morgan fingerprint density at radius 3 is 2.36 bits per heavy atom. The smallest absolute Gasteiger partial charge is 0.476 e. The van der Waals surface area contributed by atoms with Gasteiger partial charge in [0.15, 0.2) is 0 Å². The number of fused-ring (bicyclic) bond motifs is 1. The molecule has 9 heteroatoms. The Morgan fingerprint density at radius 1 is 1.14 bits per heavy atom. The molecule has 0 amide bonds. The normalized spacial score (nSPS) is 17.9. The molecule has 1 N–H and O–H groups in total. The minimum absolute atomic E-state index is 0.00199. The van der Waals surface area contributed by atoms with Crippen LogP contribution >= 0.6 is 0 Å². The van der Waals surface area contributed by atoms with Gasteiger partial charge in [-0.25, -0.2) is 0 Å². The van der Waals surface area contributed by atoms with Crippen LogP contribution in [0.15, 0.2) is 18.2 Å². The zero-order chi connectivity index (χ0) is 16.5. The van der Waals surface area contributed by atoms with E-state index in [0.29, 0.717) is 6.08 Å². The molecule has 0 radical (unpaired) electrons. The summed E-state index contributed by atoms with van der Waals surface area (Å²) in [5.74, 6) is -0.804. The highest BCUT2D eigenvalue weighted by Gasteiger charge is 2.42. The van der Waals surface area contributed by atoms with Crippen molar-refractivity contribution in [3.05, 3.63) is 29.3 Å². The van der Waals surface area contributed by atoms with E-state index in [0.717, 1.165) is 18.2 Å². The summed E-state index contributed by atoms with van der Waals surface area (Å²) in [6.07, 6.45) is -10.2. The first kappa shape index (κ1) is 16.5. The lowest BCUT2D eigenvalue weighted by atomic mass is 10.0. The maximum atomic E-state index is 12.7. The van der Waals surface area contributed by atoms with E-state index in [1.165, 1.54) is 0 Å². The van der Waals surface area contributed by atoms with Gasteiger partial charge in [-0.1, -0.05) is 6.08 Å². The van der Waals surface area contributed by atoms with Gasteiger partial charge >= 0.3 is 12.5 Å². The number of rotatable bonds is 3. The molecule has 1 aliphatic heterocycles. The highest BCUT2D eigenvalue weighted by molar-refractivity contribution is 5.65. The largest absolute Gasteiger partial charge is 0.573 e. The van der Waals surface area contributed by atoms with E-state index in [1.54, 1.807) is 0 Å². The van der Waals surface area contributed by atoms with Gasteiger partial charge in [0, 0.05) is 17.7 Å². The molecule has 0 aromatic heterocycles. The van der Waals surface area contributed by atoms with Crippen LogP contribution in [0.25, 0.3) is 6.08 Å². The fraction of sp³-hybridized carbons (Fsp3) is 0.385. The van der Waals surface area contributed by atoms with Crippen LogP contribution in [0.2, 0.25) is 0 Å². The number of aliphatic hydroxyl groups is 1. The minimum Gasteiger partial charge on any atom is -0.476 e. The lowest BCUT2D eigenvalue weighted by molar-refractivity contribution is -0.274. The number of alkyl halides is 6. The maximum Gasteiger partial charge on any atom is 0.573 e. The van der Waals surface area contributed by atoms with E-state index in [1.807, 2.05) is 0 Å². The molecule has 1 aromatic rings. The fourth-order valence-electron chi connectivity index (χ4n) is 1.98. The third-order valence-electron chi connectivity index (χ3n) is 2.80. The van der Waals surface area contributed by atoms with Gasteiger partial charge in [0.2, 0.25) is 6.10 Å². The standard InChI is InChI=1S/C13H10F6O3/c14-12(15,16)10-2-1-7-5-9(22-13(17,18)19)6-8(3-4-20)11(7)21-10/h1-2,5-6,10,20H,3-4H2. The molecule has 0 bridgehead atoms.